The zero-order valence-corrected chi connectivity index (χ0v) is 16.5. The third-order valence-corrected chi connectivity index (χ3v) is 5.39. The average Bonchev–Trinajstić information content (AvgIpc) is 3.42. The van der Waals surface area contributed by atoms with E-state index in [0.717, 1.165) is 50.6 Å². The fraction of sp³-hybridized carbons (Fsp3) is 0. The summed E-state index contributed by atoms with van der Waals surface area (Å²) in [4.78, 5) is 16.4. The molecule has 6 aromatic rings. The Balaban J connectivity index is 1.52. The van der Waals surface area contributed by atoms with Crippen LogP contribution in [0.1, 0.15) is 0 Å². The van der Waals surface area contributed by atoms with Gasteiger partial charge in [0, 0.05) is 41.0 Å². The molecule has 0 atom stereocenters. The van der Waals surface area contributed by atoms with Crippen LogP contribution in [-0.4, -0.2) is 35.2 Å². The highest BCUT2D eigenvalue weighted by Gasteiger charge is 2.16. The van der Waals surface area contributed by atoms with Gasteiger partial charge < -0.3 is 10.1 Å². The SMILES string of the molecule is Oc1cc(F)cc(-c2ccnc3[nH]c(-c4n[nH]c5cnc(-c6cccnc6)cc45)cc23)c1. The van der Waals surface area contributed by atoms with Gasteiger partial charge in [-0.15, -0.1) is 0 Å². The lowest BCUT2D eigenvalue weighted by molar-refractivity contribution is 0.469. The van der Waals surface area contributed by atoms with Crippen LogP contribution in [0.15, 0.2) is 73.3 Å². The van der Waals surface area contributed by atoms with Gasteiger partial charge in [0.05, 0.1) is 23.1 Å². The van der Waals surface area contributed by atoms with Crippen molar-refractivity contribution in [1.82, 2.24) is 30.1 Å². The number of H-pyrrole nitrogens is 2. The average molecular weight is 422 g/mol. The molecule has 0 bridgehead atoms. The summed E-state index contributed by atoms with van der Waals surface area (Å²) < 4.78 is 13.9. The third-order valence-electron chi connectivity index (χ3n) is 5.39. The number of nitrogens with one attached hydrogen (secondary N) is 2. The number of aromatic amines is 2. The fourth-order valence-electron chi connectivity index (χ4n) is 3.93. The van der Waals surface area contributed by atoms with E-state index in [1.165, 1.54) is 12.1 Å². The van der Waals surface area contributed by atoms with Gasteiger partial charge in [0.25, 0.3) is 0 Å². The molecule has 8 heteroatoms. The topological polar surface area (TPSA) is 103 Å². The van der Waals surface area contributed by atoms with Crippen molar-refractivity contribution < 1.29 is 9.50 Å². The number of hydrogen-bond acceptors (Lipinski definition) is 5. The molecule has 6 rings (SSSR count). The maximum Gasteiger partial charge on any atom is 0.138 e. The van der Waals surface area contributed by atoms with Crippen LogP contribution in [0.2, 0.25) is 0 Å². The minimum Gasteiger partial charge on any atom is -0.508 e. The van der Waals surface area contributed by atoms with E-state index in [2.05, 4.69) is 30.1 Å². The van der Waals surface area contributed by atoms with Crippen LogP contribution in [0.3, 0.4) is 0 Å². The van der Waals surface area contributed by atoms with E-state index in [9.17, 15) is 9.50 Å². The minimum atomic E-state index is -0.505. The predicted molar refractivity (Wildman–Crippen MR) is 119 cm³/mol. The first-order valence-corrected chi connectivity index (χ1v) is 9.88. The van der Waals surface area contributed by atoms with Gasteiger partial charge >= 0.3 is 0 Å². The lowest BCUT2D eigenvalue weighted by atomic mass is 10.0. The van der Waals surface area contributed by atoms with Crippen molar-refractivity contribution >= 4 is 21.9 Å². The molecule has 0 aliphatic carbocycles. The zero-order chi connectivity index (χ0) is 21.7. The summed E-state index contributed by atoms with van der Waals surface area (Å²) in [5.41, 5.74) is 5.94. The van der Waals surface area contributed by atoms with Crippen molar-refractivity contribution in [3.05, 3.63) is 79.1 Å². The standard InChI is InChI=1S/C24H15FN6O/c25-15-6-14(7-16(32)8-15)17-3-5-27-24-18(17)9-21(29-24)23-19-10-20(13-2-1-4-26-11-13)28-12-22(19)30-31-23/h1-12,32H,(H,27,29)(H,30,31). The summed E-state index contributed by atoms with van der Waals surface area (Å²) in [6.07, 6.45) is 6.88. The molecule has 0 fully saturated rings. The van der Waals surface area contributed by atoms with E-state index in [1.807, 2.05) is 24.3 Å². The number of hydrogen-bond donors (Lipinski definition) is 3. The second kappa shape index (κ2) is 6.98. The Labute approximate surface area is 180 Å². The van der Waals surface area contributed by atoms with Crippen molar-refractivity contribution in [1.29, 1.82) is 0 Å². The molecule has 5 aromatic heterocycles. The van der Waals surface area contributed by atoms with E-state index in [1.54, 1.807) is 30.9 Å². The van der Waals surface area contributed by atoms with Gasteiger partial charge in [0.2, 0.25) is 0 Å². The molecule has 32 heavy (non-hydrogen) atoms. The number of halogens is 1. The number of phenols is 1. The summed E-state index contributed by atoms with van der Waals surface area (Å²) in [5, 5.41) is 19.0. The van der Waals surface area contributed by atoms with Gasteiger partial charge in [-0.3, -0.25) is 15.1 Å². The Morgan fingerprint density at radius 2 is 1.81 bits per heavy atom. The van der Waals surface area contributed by atoms with E-state index in [0.29, 0.717) is 11.2 Å². The Morgan fingerprint density at radius 1 is 0.875 bits per heavy atom. The van der Waals surface area contributed by atoms with Gasteiger partial charge in [0.1, 0.15) is 22.9 Å². The van der Waals surface area contributed by atoms with Crippen molar-refractivity contribution in [2.24, 2.45) is 0 Å². The zero-order valence-electron chi connectivity index (χ0n) is 16.5. The van der Waals surface area contributed by atoms with Gasteiger partial charge in [-0.1, -0.05) is 0 Å². The van der Waals surface area contributed by atoms with E-state index in [4.69, 9.17) is 0 Å². The van der Waals surface area contributed by atoms with Gasteiger partial charge in [0.15, 0.2) is 0 Å². The molecule has 0 spiro atoms. The molecule has 0 aliphatic heterocycles. The number of benzene rings is 1. The van der Waals surface area contributed by atoms with Crippen LogP contribution in [0, 0.1) is 5.82 Å². The maximum absolute atomic E-state index is 13.9. The molecular formula is C24H15FN6O. The second-order valence-corrected chi connectivity index (χ2v) is 7.43. The third kappa shape index (κ3) is 2.97. The molecule has 0 saturated heterocycles. The monoisotopic (exact) mass is 422 g/mol. The van der Waals surface area contributed by atoms with Crippen LogP contribution >= 0.6 is 0 Å². The molecule has 0 amide bonds. The van der Waals surface area contributed by atoms with Gasteiger partial charge in [-0.05, 0) is 53.6 Å². The lowest BCUT2D eigenvalue weighted by Gasteiger charge is -2.04. The molecule has 5 heterocycles. The van der Waals surface area contributed by atoms with E-state index in [-0.39, 0.29) is 5.75 Å². The molecule has 154 valence electrons. The quantitative estimate of drug-likeness (QED) is 0.369. The number of aromatic nitrogens is 6. The molecule has 0 radical (unpaired) electrons. The summed E-state index contributed by atoms with van der Waals surface area (Å²) >= 11 is 0. The second-order valence-electron chi connectivity index (χ2n) is 7.43. The van der Waals surface area contributed by atoms with E-state index >= 15 is 0 Å². The van der Waals surface area contributed by atoms with Crippen LogP contribution in [-0.2, 0) is 0 Å². The highest BCUT2D eigenvalue weighted by Crippen LogP contribution is 2.35. The Bertz CT molecular complexity index is 1590. The number of pyridine rings is 3. The van der Waals surface area contributed by atoms with Crippen molar-refractivity contribution in [2.75, 3.05) is 0 Å². The summed E-state index contributed by atoms with van der Waals surface area (Å²) in [7, 11) is 0. The molecule has 0 unspecified atom stereocenters. The Morgan fingerprint density at radius 3 is 2.66 bits per heavy atom. The first-order valence-electron chi connectivity index (χ1n) is 9.88. The molecule has 3 N–H and O–H groups in total. The van der Waals surface area contributed by atoms with Gasteiger partial charge in [-0.2, -0.15) is 5.10 Å². The maximum atomic E-state index is 13.9. The largest absolute Gasteiger partial charge is 0.508 e. The fourth-order valence-corrected chi connectivity index (χ4v) is 3.93. The van der Waals surface area contributed by atoms with Crippen molar-refractivity contribution in [3.8, 4) is 39.5 Å². The van der Waals surface area contributed by atoms with Crippen LogP contribution in [0.5, 0.6) is 5.75 Å². The Hall–Kier alpha value is -4.59. The first kappa shape index (κ1) is 18.2. The normalized spacial score (nSPS) is 11.4. The predicted octanol–water partition coefficient (Wildman–Crippen LogP) is 5.07. The number of aromatic hydroxyl groups is 1. The number of rotatable bonds is 3. The summed E-state index contributed by atoms with van der Waals surface area (Å²) in [6.45, 7) is 0. The highest BCUT2D eigenvalue weighted by atomic mass is 19.1. The molecular weight excluding hydrogens is 407 g/mol. The summed E-state index contributed by atoms with van der Waals surface area (Å²) in [5.74, 6) is -0.635. The number of nitrogens with zero attached hydrogens (tertiary/aromatic N) is 4. The van der Waals surface area contributed by atoms with Crippen LogP contribution in [0.25, 0.3) is 55.7 Å². The first-order chi connectivity index (χ1) is 15.7. The number of phenolic OH excluding ortho intramolecular Hbond substituents is 1. The highest BCUT2D eigenvalue weighted by molar-refractivity contribution is 6.00. The lowest BCUT2D eigenvalue weighted by Crippen LogP contribution is -1.85. The summed E-state index contributed by atoms with van der Waals surface area (Å²) in [6, 6.07) is 13.5. The molecule has 1 aromatic carbocycles. The van der Waals surface area contributed by atoms with Crippen molar-refractivity contribution in [3.63, 3.8) is 0 Å². The molecule has 0 aliphatic rings. The van der Waals surface area contributed by atoms with E-state index < -0.39 is 5.82 Å². The minimum absolute atomic E-state index is 0.130. The van der Waals surface area contributed by atoms with Gasteiger partial charge in [-0.25, -0.2) is 9.37 Å². The van der Waals surface area contributed by atoms with Crippen LogP contribution < -0.4 is 0 Å². The van der Waals surface area contributed by atoms with Crippen LogP contribution in [0.4, 0.5) is 4.39 Å². The smallest absolute Gasteiger partial charge is 0.138 e. The number of fused-ring (bicyclic) bond motifs is 2. The van der Waals surface area contributed by atoms with Crippen molar-refractivity contribution in [2.45, 2.75) is 0 Å². The molecule has 0 saturated carbocycles. The Kier molecular flexibility index (Phi) is 3.97. The molecule has 7 nitrogen and oxygen atoms in total.